The molecule has 0 amide bonds. The Balaban J connectivity index is 2.00. The highest BCUT2D eigenvalue weighted by molar-refractivity contribution is 7.13. The van der Waals surface area contributed by atoms with Crippen LogP contribution in [0.4, 0.5) is 5.13 Å². The van der Waals surface area contributed by atoms with Crippen molar-refractivity contribution in [1.29, 1.82) is 0 Å². The Morgan fingerprint density at radius 3 is 2.72 bits per heavy atom. The summed E-state index contributed by atoms with van der Waals surface area (Å²) in [7, 11) is 3.99. The van der Waals surface area contributed by atoms with Gasteiger partial charge in [0.15, 0.2) is 11.1 Å². The molecule has 0 fully saturated rings. The highest BCUT2D eigenvalue weighted by atomic mass is 32.1. The second-order valence-corrected chi connectivity index (χ2v) is 7.56. The van der Waals surface area contributed by atoms with E-state index in [0.29, 0.717) is 32.9 Å². The van der Waals surface area contributed by atoms with Gasteiger partial charge in [0.05, 0.1) is 25.4 Å². The molecule has 0 aliphatic carbocycles. The molecule has 0 aliphatic rings. The standard InChI is InChI=1S/C21H33N5O2S/c1-6-22-20(24-14-18-15-29-21(25-18)26(4)5)23-13-17-9-8-16(3)12-19(17)28-11-10-27-7-2/h8-9,12,15H,6-7,10-11,13-14H2,1-5H3,(H2,22,23,24). The van der Waals surface area contributed by atoms with Crippen LogP contribution >= 0.6 is 11.3 Å². The molecular formula is C21H33N5O2S. The van der Waals surface area contributed by atoms with E-state index in [4.69, 9.17) is 14.5 Å². The van der Waals surface area contributed by atoms with Crippen molar-refractivity contribution in [1.82, 2.24) is 15.6 Å². The summed E-state index contributed by atoms with van der Waals surface area (Å²) in [5, 5.41) is 9.70. The number of aliphatic imine (C=N–C) groups is 1. The van der Waals surface area contributed by atoms with Gasteiger partial charge in [0.2, 0.25) is 0 Å². The van der Waals surface area contributed by atoms with Gasteiger partial charge in [-0.2, -0.15) is 0 Å². The van der Waals surface area contributed by atoms with Crippen molar-refractivity contribution >= 4 is 22.4 Å². The fourth-order valence-corrected chi connectivity index (χ4v) is 3.30. The lowest BCUT2D eigenvalue weighted by Crippen LogP contribution is -2.36. The van der Waals surface area contributed by atoms with E-state index in [1.54, 1.807) is 11.3 Å². The van der Waals surface area contributed by atoms with Crippen LogP contribution in [-0.4, -0.2) is 51.4 Å². The van der Waals surface area contributed by atoms with Crippen LogP contribution in [0.15, 0.2) is 28.6 Å². The quantitative estimate of drug-likeness (QED) is 0.331. The third-order valence-corrected chi connectivity index (χ3v) is 5.08. The van der Waals surface area contributed by atoms with Crippen LogP contribution in [0.3, 0.4) is 0 Å². The minimum Gasteiger partial charge on any atom is -0.491 e. The number of nitrogens with zero attached hydrogens (tertiary/aromatic N) is 3. The summed E-state index contributed by atoms with van der Waals surface area (Å²) in [6.45, 7) is 9.85. The molecule has 0 saturated heterocycles. The van der Waals surface area contributed by atoms with Gasteiger partial charge in [0.25, 0.3) is 0 Å². The monoisotopic (exact) mass is 419 g/mol. The van der Waals surface area contributed by atoms with Gasteiger partial charge in [-0.25, -0.2) is 9.98 Å². The van der Waals surface area contributed by atoms with Crippen molar-refractivity contribution in [3.63, 3.8) is 0 Å². The summed E-state index contributed by atoms with van der Waals surface area (Å²) in [4.78, 5) is 11.3. The second-order valence-electron chi connectivity index (χ2n) is 6.72. The average Bonchev–Trinajstić information content (AvgIpc) is 3.18. The van der Waals surface area contributed by atoms with Gasteiger partial charge in [-0.05, 0) is 32.4 Å². The molecule has 0 saturated carbocycles. The minimum absolute atomic E-state index is 0.527. The molecular weight excluding hydrogens is 386 g/mol. The number of hydrogen-bond donors (Lipinski definition) is 2. The predicted octanol–water partition coefficient (Wildman–Crippen LogP) is 3.19. The molecule has 8 heteroatoms. The average molecular weight is 420 g/mol. The maximum absolute atomic E-state index is 5.92. The van der Waals surface area contributed by atoms with E-state index in [0.717, 1.165) is 40.2 Å². The number of rotatable bonds is 11. The van der Waals surface area contributed by atoms with Gasteiger partial charge < -0.3 is 25.0 Å². The van der Waals surface area contributed by atoms with Crippen LogP contribution in [0.2, 0.25) is 0 Å². The van der Waals surface area contributed by atoms with Gasteiger partial charge in [-0.1, -0.05) is 12.1 Å². The van der Waals surface area contributed by atoms with Crippen molar-refractivity contribution in [3.05, 3.63) is 40.4 Å². The van der Waals surface area contributed by atoms with Gasteiger partial charge >= 0.3 is 0 Å². The summed E-state index contributed by atoms with van der Waals surface area (Å²) in [6, 6.07) is 6.20. The van der Waals surface area contributed by atoms with E-state index in [1.807, 2.05) is 25.9 Å². The molecule has 0 aliphatic heterocycles. The summed E-state index contributed by atoms with van der Waals surface area (Å²) >= 11 is 1.63. The second kappa shape index (κ2) is 12.3. The molecule has 0 bridgehead atoms. The molecule has 1 aromatic carbocycles. The Bertz CT molecular complexity index is 776. The first-order valence-corrected chi connectivity index (χ1v) is 10.8. The zero-order valence-corrected chi connectivity index (χ0v) is 18.9. The zero-order valence-electron chi connectivity index (χ0n) is 18.1. The molecule has 0 unspecified atom stereocenters. The number of benzene rings is 1. The van der Waals surface area contributed by atoms with E-state index < -0.39 is 0 Å². The molecule has 2 aromatic rings. The van der Waals surface area contributed by atoms with Gasteiger partial charge in [0.1, 0.15) is 12.4 Å². The number of ether oxygens (including phenoxy) is 2. The third-order valence-electron chi connectivity index (χ3n) is 4.02. The summed E-state index contributed by atoms with van der Waals surface area (Å²) in [5.41, 5.74) is 3.21. The molecule has 1 heterocycles. The summed E-state index contributed by atoms with van der Waals surface area (Å²) < 4.78 is 11.3. The highest BCUT2D eigenvalue weighted by Crippen LogP contribution is 2.21. The van der Waals surface area contributed by atoms with Crippen molar-refractivity contribution in [2.24, 2.45) is 4.99 Å². The van der Waals surface area contributed by atoms with Crippen LogP contribution in [0, 0.1) is 6.92 Å². The summed E-state index contributed by atoms with van der Waals surface area (Å²) in [5.74, 6) is 1.62. The first kappa shape index (κ1) is 23.0. The number of guanidine groups is 1. The van der Waals surface area contributed by atoms with Crippen LogP contribution in [0.5, 0.6) is 5.75 Å². The fourth-order valence-electron chi connectivity index (χ4n) is 2.54. The maximum atomic E-state index is 5.92. The molecule has 1 aromatic heterocycles. The molecule has 29 heavy (non-hydrogen) atoms. The predicted molar refractivity (Wildman–Crippen MR) is 121 cm³/mol. The first-order valence-electron chi connectivity index (χ1n) is 9.97. The third kappa shape index (κ3) is 7.91. The molecule has 0 spiro atoms. The number of hydrogen-bond acceptors (Lipinski definition) is 6. The van der Waals surface area contributed by atoms with E-state index in [-0.39, 0.29) is 0 Å². The smallest absolute Gasteiger partial charge is 0.191 e. The lowest BCUT2D eigenvalue weighted by atomic mass is 10.1. The van der Waals surface area contributed by atoms with Crippen molar-refractivity contribution in [3.8, 4) is 5.75 Å². The number of thiazole rings is 1. The fraction of sp³-hybridized carbons (Fsp3) is 0.524. The van der Waals surface area contributed by atoms with Crippen molar-refractivity contribution in [2.45, 2.75) is 33.9 Å². The Kier molecular flexibility index (Phi) is 9.73. The Labute approximate surface area is 178 Å². The maximum Gasteiger partial charge on any atom is 0.191 e. The van der Waals surface area contributed by atoms with E-state index in [9.17, 15) is 0 Å². The highest BCUT2D eigenvalue weighted by Gasteiger charge is 2.07. The number of aromatic nitrogens is 1. The van der Waals surface area contributed by atoms with E-state index in [2.05, 4.69) is 53.0 Å². The van der Waals surface area contributed by atoms with Gasteiger partial charge in [-0.15, -0.1) is 11.3 Å². The molecule has 160 valence electrons. The minimum atomic E-state index is 0.527. The molecule has 7 nitrogen and oxygen atoms in total. The summed E-state index contributed by atoms with van der Waals surface area (Å²) in [6.07, 6.45) is 0. The number of nitrogens with one attached hydrogen (secondary N) is 2. The lowest BCUT2D eigenvalue weighted by molar-refractivity contribution is 0.110. The Morgan fingerprint density at radius 1 is 1.21 bits per heavy atom. The van der Waals surface area contributed by atoms with Crippen LogP contribution < -0.4 is 20.3 Å². The number of anilines is 1. The largest absolute Gasteiger partial charge is 0.491 e. The van der Waals surface area contributed by atoms with Crippen LogP contribution in [0.1, 0.15) is 30.7 Å². The first-order chi connectivity index (χ1) is 14.0. The van der Waals surface area contributed by atoms with E-state index >= 15 is 0 Å². The Hall–Kier alpha value is -2.32. The lowest BCUT2D eigenvalue weighted by Gasteiger charge is -2.13. The topological polar surface area (TPSA) is 71.0 Å². The van der Waals surface area contributed by atoms with Crippen LogP contribution in [0.25, 0.3) is 0 Å². The zero-order chi connectivity index (χ0) is 21.1. The van der Waals surface area contributed by atoms with Crippen LogP contribution in [-0.2, 0) is 17.8 Å². The molecule has 2 N–H and O–H groups in total. The molecule has 2 rings (SSSR count). The van der Waals surface area contributed by atoms with Gasteiger partial charge in [-0.3, -0.25) is 0 Å². The SMILES string of the molecule is CCNC(=NCc1ccc(C)cc1OCCOCC)NCc1csc(N(C)C)n1. The van der Waals surface area contributed by atoms with Crippen molar-refractivity contribution in [2.75, 3.05) is 45.4 Å². The normalized spacial score (nSPS) is 11.4. The van der Waals surface area contributed by atoms with Gasteiger partial charge in [0, 0.05) is 38.2 Å². The molecule has 0 atom stereocenters. The number of aryl methyl sites for hydroxylation is 1. The van der Waals surface area contributed by atoms with E-state index in [1.165, 1.54) is 0 Å². The molecule has 0 radical (unpaired) electrons. The Morgan fingerprint density at radius 2 is 2.03 bits per heavy atom. The van der Waals surface area contributed by atoms with Crippen molar-refractivity contribution < 1.29 is 9.47 Å².